The van der Waals surface area contributed by atoms with E-state index in [1.807, 2.05) is 78.9 Å². The van der Waals surface area contributed by atoms with Crippen LogP contribution in [-0.2, 0) is 28.0 Å². The van der Waals surface area contributed by atoms with Crippen molar-refractivity contribution in [3.63, 3.8) is 0 Å². The molecule has 5 nitrogen and oxygen atoms in total. The zero-order valence-corrected chi connectivity index (χ0v) is 25.5. The maximum Gasteiger partial charge on any atom is 0.261 e. The molecule has 1 unspecified atom stereocenters. The summed E-state index contributed by atoms with van der Waals surface area (Å²) in [4.78, 5) is 29.4. The van der Waals surface area contributed by atoms with Gasteiger partial charge >= 0.3 is 0 Å². The van der Waals surface area contributed by atoms with Gasteiger partial charge in [0, 0.05) is 23.5 Å². The van der Waals surface area contributed by atoms with Gasteiger partial charge in [-0.25, -0.2) is 0 Å². The summed E-state index contributed by atoms with van der Waals surface area (Å²) in [5.41, 5.74) is 3.20. The third-order valence-corrected chi connectivity index (χ3v) is 8.10. The fourth-order valence-corrected chi connectivity index (χ4v) is 5.43. The molecule has 2 amide bonds. The minimum Gasteiger partial charge on any atom is -0.484 e. The first-order chi connectivity index (χ1) is 19.2. The Morgan fingerprint density at radius 3 is 2.17 bits per heavy atom. The van der Waals surface area contributed by atoms with Crippen LogP contribution in [0.5, 0.6) is 5.75 Å². The lowest BCUT2D eigenvalue weighted by molar-refractivity contribution is -0.143. The molecule has 6 heteroatoms. The van der Waals surface area contributed by atoms with Gasteiger partial charge in [-0.2, -0.15) is 0 Å². The third kappa shape index (κ3) is 8.69. The number of rotatable bonds is 10. The Hall–Kier alpha value is -3.12. The van der Waals surface area contributed by atoms with Gasteiger partial charge in [-0.05, 0) is 59.2 Å². The molecule has 0 heterocycles. The third-order valence-electron chi connectivity index (χ3n) is 7.57. The molecule has 0 radical (unpaired) electrons. The Kier molecular flexibility index (Phi) is 10.4. The molecule has 0 aliphatic heterocycles. The number of amides is 2. The Morgan fingerprint density at radius 1 is 0.900 bits per heavy atom. The number of nitrogens with zero attached hydrogens (tertiary/aromatic N) is 1. The van der Waals surface area contributed by atoms with Gasteiger partial charge in [-0.3, -0.25) is 9.59 Å². The van der Waals surface area contributed by atoms with Crippen LogP contribution in [-0.4, -0.2) is 35.4 Å². The smallest absolute Gasteiger partial charge is 0.261 e. The average molecular weight is 606 g/mol. The zero-order valence-electron chi connectivity index (χ0n) is 23.9. The summed E-state index contributed by atoms with van der Waals surface area (Å²) < 4.78 is 6.94. The van der Waals surface area contributed by atoms with E-state index in [9.17, 15) is 9.59 Å². The maximum absolute atomic E-state index is 13.9. The molecule has 0 spiro atoms. The van der Waals surface area contributed by atoms with Crippen molar-refractivity contribution >= 4 is 27.7 Å². The largest absolute Gasteiger partial charge is 0.484 e. The molecule has 4 rings (SSSR count). The van der Waals surface area contributed by atoms with Gasteiger partial charge < -0.3 is 15.0 Å². The molecule has 0 aromatic heterocycles. The molecule has 40 heavy (non-hydrogen) atoms. The topological polar surface area (TPSA) is 58.6 Å². The van der Waals surface area contributed by atoms with Gasteiger partial charge in [0.05, 0.1) is 0 Å². The Bertz CT molecular complexity index is 1230. The summed E-state index contributed by atoms with van der Waals surface area (Å²) >= 11 is 3.50. The lowest BCUT2D eigenvalue weighted by Crippen LogP contribution is -2.53. The molecule has 0 bridgehead atoms. The van der Waals surface area contributed by atoms with Gasteiger partial charge in [0.25, 0.3) is 5.91 Å². The number of hydrogen-bond donors (Lipinski definition) is 1. The molecule has 1 aliphatic rings. The second-order valence-corrected chi connectivity index (χ2v) is 12.7. The molecule has 0 saturated heterocycles. The second-order valence-electron chi connectivity index (χ2n) is 11.8. The van der Waals surface area contributed by atoms with Gasteiger partial charge in [0.2, 0.25) is 5.91 Å². The summed E-state index contributed by atoms with van der Waals surface area (Å²) in [6.07, 6.45) is 5.86. The number of nitrogens with one attached hydrogen (secondary N) is 1. The van der Waals surface area contributed by atoms with Crippen LogP contribution >= 0.6 is 15.9 Å². The van der Waals surface area contributed by atoms with E-state index in [-0.39, 0.29) is 29.9 Å². The SMILES string of the molecule is CC(C)(C)c1ccc(OCC(=O)N(Cc2ccc(Br)cc2)C(Cc2ccccc2)C(=O)NC2CCCCC2)cc1. The van der Waals surface area contributed by atoms with Crippen molar-refractivity contribution in [3.8, 4) is 5.75 Å². The maximum atomic E-state index is 13.9. The monoisotopic (exact) mass is 604 g/mol. The lowest BCUT2D eigenvalue weighted by Gasteiger charge is -2.33. The van der Waals surface area contributed by atoms with E-state index in [0.29, 0.717) is 18.7 Å². The Labute approximate surface area is 247 Å². The van der Waals surface area contributed by atoms with Gasteiger partial charge in [-0.1, -0.05) is 111 Å². The van der Waals surface area contributed by atoms with Crippen LogP contribution in [0.4, 0.5) is 0 Å². The standard InChI is InChI=1S/C34H41BrN2O3/c1-34(2,3)27-16-20-30(21-17-27)40-24-32(38)37(23-26-14-18-28(35)19-15-26)31(22-25-10-6-4-7-11-25)33(39)36-29-12-8-5-9-13-29/h4,6-7,10-11,14-21,29,31H,5,8-9,12-13,22-24H2,1-3H3,(H,36,39). The van der Waals surface area contributed by atoms with Crippen LogP contribution in [0.2, 0.25) is 0 Å². The number of ether oxygens (including phenoxy) is 1. The molecule has 212 valence electrons. The average Bonchev–Trinajstić information content (AvgIpc) is 2.95. The first-order valence-corrected chi connectivity index (χ1v) is 15.1. The Morgan fingerprint density at radius 2 is 1.55 bits per heavy atom. The van der Waals surface area contributed by atoms with Crippen LogP contribution in [0.3, 0.4) is 0 Å². The molecule has 1 atom stereocenters. The highest BCUT2D eigenvalue weighted by molar-refractivity contribution is 9.10. The minimum absolute atomic E-state index is 0.0339. The van der Waals surface area contributed by atoms with Crippen molar-refractivity contribution in [2.24, 2.45) is 0 Å². The van der Waals surface area contributed by atoms with Crippen molar-refractivity contribution in [2.45, 2.75) is 83.3 Å². The normalized spacial score (nSPS) is 14.8. The highest BCUT2D eigenvalue weighted by Crippen LogP contribution is 2.25. The zero-order chi connectivity index (χ0) is 28.5. The molecular weight excluding hydrogens is 564 g/mol. The van der Waals surface area contributed by atoms with Crippen LogP contribution < -0.4 is 10.1 Å². The van der Waals surface area contributed by atoms with Crippen LogP contribution in [0.1, 0.15) is 69.6 Å². The Balaban J connectivity index is 1.58. The van der Waals surface area contributed by atoms with E-state index < -0.39 is 6.04 Å². The predicted octanol–water partition coefficient (Wildman–Crippen LogP) is 7.21. The first kappa shape index (κ1) is 29.9. The molecule has 1 fully saturated rings. The van der Waals surface area contributed by atoms with Crippen molar-refractivity contribution < 1.29 is 14.3 Å². The highest BCUT2D eigenvalue weighted by Gasteiger charge is 2.32. The fraction of sp³-hybridized carbons (Fsp3) is 0.412. The predicted molar refractivity (Wildman–Crippen MR) is 164 cm³/mol. The van der Waals surface area contributed by atoms with Gasteiger partial charge in [0.15, 0.2) is 6.61 Å². The summed E-state index contributed by atoms with van der Waals surface area (Å²) in [5.74, 6) is 0.314. The molecule has 3 aromatic carbocycles. The van der Waals surface area contributed by atoms with Crippen molar-refractivity contribution in [1.29, 1.82) is 0 Å². The number of carbonyl (C=O) groups is 2. The quantitative estimate of drug-likeness (QED) is 0.266. The fourth-order valence-electron chi connectivity index (χ4n) is 5.16. The number of carbonyl (C=O) groups excluding carboxylic acids is 2. The number of halogens is 1. The lowest BCUT2D eigenvalue weighted by atomic mass is 9.87. The van der Waals surface area contributed by atoms with E-state index >= 15 is 0 Å². The van der Waals surface area contributed by atoms with Gasteiger partial charge in [-0.15, -0.1) is 0 Å². The first-order valence-electron chi connectivity index (χ1n) is 14.3. The molecule has 3 aromatic rings. The summed E-state index contributed by atoms with van der Waals surface area (Å²) in [6, 6.07) is 25.2. The summed E-state index contributed by atoms with van der Waals surface area (Å²) in [6.45, 7) is 6.66. The molecule has 1 N–H and O–H groups in total. The van der Waals surface area contributed by atoms with Crippen LogP contribution in [0, 0.1) is 0 Å². The van der Waals surface area contributed by atoms with E-state index in [4.69, 9.17) is 4.74 Å². The highest BCUT2D eigenvalue weighted by atomic mass is 79.9. The molecule has 1 saturated carbocycles. The second kappa shape index (κ2) is 14.0. The summed E-state index contributed by atoms with van der Waals surface area (Å²) in [7, 11) is 0. The van der Waals surface area contributed by atoms with E-state index in [1.54, 1.807) is 4.90 Å². The van der Waals surface area contributed by atoms with Gasteiger partial charge in [0.1, 0.15) is 11.8 Å². The minimum atomic E-state index is -0.660. The van der Waals surface area contributed by atoms with Crippen molar-refractivity contribution in [1.82, 2.24) is 10.2 Å². The number of benzene rings is 3. The van der Waals surface area contributed by atoms with Crippen LogP contribution in [0.25, 0.3) is 0 Å². The van der Waals surface area contributed by atoms with E-state index in [2.05, 4.69) is 42.0 Å². The van der Waals surface area contributed by atoms with Crippen molar-refractivity contribution in [3.05, 3.63) is 100 Å². The number of hydrogen-bond acceptors (Lipinski definition) is 3. The van der Waals surface area contributed by atoms with Crippen LogP contribution in [0.15, 0.2) is 83.3 Å². The van der Waals surface area contributed by atoms with Crippen molar-refractivity contribution in [2.75, 3.05) is 6.61 Å². The van der Waals surface area contributed by atoms with E-state index in [1.165, 1.54) is 12.0 Å². The van der Waals surface area contributed by atoms with E-state index in [0.717, 1.165) is 41.3 Å². The molecule has 1 aliphatic carbocycles. The summed E-state index contributed by atoms with van der Waals surface area (Å²) in [5, 5.41) is 3.28. The molecular formula is C34H41BrN2O3.